The van der Waals surface area contributed by atoms with E-state index in [9.17, 15) is 0 Å². The first-order valence-corrected chi connectivity index (χ1v) is 5.93. The van der Waals surface area contributed by atoms with Gasteiger partial charge in [0.15, 0.2) is 0 Å². The summed E-state index contributed by atoms with van der Waals surface area (Å²) in [5, 5.41) is 6.61. The summed E-state index contributed by atoms with van der Waals surface area (Å²) in [6, 6.07) is 0.263. The normalized spacial score (nSPS) is 27.0. The molecule has 0 aromatic carbocycles. The molecule has 5 heteroatoms. The van der Waals surface area contributed by atoms with Crippen molar-refractivity contribution in [2.75, 3.05) is 13.2 Å². The molecule has 0 aliphatic carbocycles. The molecule has 78 valence electrons. The minimum Gasteiger partial charge on any atom is -0.378 e. The Morgan fingerprint density at radius 3 is 3.14 bits per heavy atom. The Bertz CT molecular complexity index is 305. The average Bonchev–Trinajstić information content (AvgIpc) is 2.72. The van der Waals surface area contributed by atoms with Crippen LogP contribution in [-0.2, 0) is 11.3 Å². The molecule has 14 heavy (non-hydrogen) atoms. The van der Waals surface area contributed by atoms with E-state index in [1.807, 2.05) is 6.92 Å². The van der Waals surface area contributed by atoms with Gasteiger partial charge in [0, 0.05) is 18.0 Å². The standard InChI is InChI=1S/C9H13ClN2OS/c1-6-12-7(5-14-6)2-11-9-4-13-3-8(9)10/h5,8-9,11H,2-4H2,1H3. The number of hydrogen-bond acceptors (Lipinski definition) is 4. The van der Waals surface area contributed by atoms with Crippen molar-refractivity contribution in [1.82, 2.24) is 10.3 Å². The van der Waals surface area contributed by atoms with E-state index in [1.165, 1.54) is 0 Å². The second kappa shape index (κ2) is 4.57. The molecule has 2 heterocycles. The summed E-state index contributed by atoms with van der Waals surface area (Å²) in [6.07, 6.45) is 0. The van der Waals surface area contributed by atoms with Gasteiger partial charge in [-0.1, -0.05) is 0 Å². The van der Waals surface area contributed by atoms with Crippen LogP contribution in [-0.4, -0.2) is 29.6 Å². The van der Waals surface area contributed by atoms with E-state index < -0.39 is 0 Å². The van der Waals surface area contributed by atoms with Gasteiger partial charge in [-0.25, -0.2) is 4.98 Å². The number of aryl methyl sites for hydroxylation is 1. The van der Waals surface area contributed by atoms with Crippen LogP contribution in [0.3, 0.4) is 0 Å². The third-order valence-electron chi connectivity index (χ3n) is 2.22. The van der Waals surface area contributed by atoms with Gasteiger partial charge in [0.05, 0.1) is 29.3 Å². The van der Waals surface area contributed by atoms with Crippen molar-refractivity contribution >= 4 is 22.9 Å². The monoisotopic (exact) mass is 232 g/mol. The smallest absolute Gasteiger partial charge is 0.0897 e. The number of thiazole rings is 1. The predicted octanol–water partition coefficient (Wildman–Crippen LogP) is 1.55. The maximum absolute atomic E-state index is 6.04. The van der Waals surface area contributed by atoms with Gasteiger partial charge < -0.3 is 10.1 Å². The third-order valence-corrected chi connectivity index (χ3v) is 3.48. The van der Waals surface area contributed by atoms with Crippen molar-refractivity contribution in [3.8, 4) is 0 Å². The topological polar surface area (TPSA) is 34.2 Å². The lowest BCUT2D eigenvalue weighted by molar-refractivity contribution is 0.190. The quantitative estimate of drug-likeness (QED) is 0.803. The zero-order chi connectivity index (χ0) is 9.97. The summed E-state index contributed by atoms with van der Waals surface area (Å²) >= 11 is 7.72. The van der Waals surface area contributed by atoms with Gasteiger partial charge in [-0.05, 0) is 6.92 Å². The minimum atomic E-state index is 0.0923. The summed E-state index contributed by atoms with van der Waals surface area (Å²) < 4.78 is 5.25. The van der Waals surface area contributed by atoms with Gasteiger partial charge >= 0.3 is 0 Å². The van der Waals surface area contributed by atoms with E-state index in [-0.39, 0.29) is 11.4 Å². The van der Waals surface area contributed by atoms with Crippen LogP contribution in [0.1, 0.15) is 10.7 Å². The van der Waals surface area contributed by atoms with Crippen molar-refractivity contribution in [1.29, 1.82) is 0 Å². The second-order valence-corrected chi connectivity index (χ2v) is 5.02. The number of aromatic nitrogens is 1. The number of rotatable bonds is 3. The SMILES string of the molecule is Cc1nc(CNC2COCC2Cl)cs1. The van der Waals surface area contributed by atoms with Crippen LogP contribution in [0, 0.1) is 6.92 Å². The Hall–Kier alpha value is -0.160. The van der Waals surface area contributed by atoms with Crippen molar-refractivity contribution < 1.29 is 4.74 Å². The van der Waals surface area contributed by atoms with Crippen molar-refractivity contribution in [3.05, 3.63) is 16.1 Å². The summed E-state index contributed by atoms with van der Waals surface area (Å²) in [5.74, 6) is 0. The van der Waals surface area contributed by atoms with Gasteiger partial charge in [0.1, 0.15) is 0 Å². The fourth-order valence-electron chi connectivity index (χ4n) is 1.44. The van der Waals surface area contributed by atoms with Crippen molar-refractivity contribution in [2.45, 2.75) is 24.9 Å². The Balaban J connectivity index is 1.82. The lowest BCUT2D eigenvalue weighted by Crippen LogP contribution is -2.35. The van der Waals surface area contributed by atoms with Crippen LogP contribution in [0.25, 0.3) is 0 Å². The molecule has 0 amide bonds. The Morgan fingerprint density at radius 2 is 2.57 bits per heavy atom. The molecule has 1 aromatic rings. The molecule has 1 N–H and O–H groups in total. The molecule has 3 nitrogen and oxygen atoms in total. The van der Waals surface area contributed by atoms with Crippen LogP contribution in [0.5, 0.6) is 0 Å². The van der Waals surface area contributed by atoms with Gasteiger partial charge in [0.2, 0.25) is 0 Å². The van der Waals surface area contributed by atoms with Gasteiger partial charge in [-0.3, -0.25) is 0 Å². The van der Waals surface area contributed by atoms with Crippen LogP contribution in [0.4, 0.5) is 0 Å². The van der Waals surface area contributed by atoms with Crippen LogP contribution in [0.2, 0.25) is 0 Å². The molecule has 0 spiro atoms. The highest BCUT2D eigenvalue weighted by molar-refractivity contribution is 7.09. The summed E-state index contributed by atoms with van der Waals surface area (Å²) in [4.78, 5) is 4.37. The molecule has 2 unspecified atom stereocenters. The number of ether oxygens (including phenoxy) is 1. The molecule has 0 bridgehead atoms. The van der Waals surface area contributed by atoms with E-state index in [1.54, 1.807) is 11.3 Å². The molecule has 1 saturated heterocycles. The zero-order valence-corrected chi connectivity index (χ0v) is 9.57. The number of halogens is 1. The van der Waals surface area contributed by atoms with Gasteiger partial charge in [-0.2, -0.15) is 0 Å². The first kappa shape index (κ1) is 10.4. The van der Waals surface area contributed by atoms with E-state index in [4.69, 9.17) is 16.3 Å². The lowest BCUT2D eigenvalue weighted by Gasteiger charge is -2.12. The molecule has 2 atom stereocenters. The third kappa shape index (κ3) is 2.45. The maximum atomic E-state index is 6.04. The first-order chi connectivity index (χ1) is 6.75. The molecule has 1 fully saturated rings. The highest BCUT2D eigenvalue weighted by atomic mass is 35.5. The molecule has 2 rings (SSSR count). The molecule has 1 aromatic heterocycles. The Labute approximate surface area is 92.4 Å². The largest absolute Gasteiger partial charge is 0.378 e. The lowest BCUT2D eigenvalue weighted by atomic mass is 10.2. The highest BCUT2D eigenvalue weighted by Gasteiger charge is 2.25. The molecule has 0 saturated carbocycles. The predicted molar refractivity (Wildman–Crippen MR) is 57.9 cm³/mol. The van der Waals surface area contributed by atoms with Crippen LogP contribution in [0.15, 0.2) is 5.38 Å². The second-order valence-electron chi connectivity index (χ2n) is 3.40. The number of hydrogen-bond donors (Lipinski definition) is 1. The van der Waals surface area contributed by atoms with Crippen LogP contribution < -0.4 is 5.32 Å². The highest BCUT2D eigenvalue weighted by Crippen LogP contribution is 2.13. The zero-order valence-electron chi connectivity index (χ0n) is 8.00. The number of nitrogens with zero attached hydrogens (tertiary/aromatic N) is 1. The molecule has 1 aliphatic heterocycles. The number of alkyl halides is 1. The average molecular weight is 233 g/mol. The molecular formula is C9H13ClN2OS. The fourth-order valence-corrected chi connectivity index (χ4v) is 2.30. The maximum Gasteiger partial charge on any atom is 0.0897 e. The minimum absolute atomic E-state index is 0.0923. The van der Waals surface area contributed by atoms with Gasteiger partial charge in [-0.15, -0.1) is 22.9 Å². The van der Waals surface area contributed by atoms with Crippen molar-refractivity contribution in [3.63, 3.8) is 0 Å². The van der Waals surface area contributed by atoms with E-state index >= 15 is 0 Å². The van der Waals surface area contributed by atoms with E-state index in [0.717, 1.165) is 17.2 Å². The first-order valence-electron chi connectivity index (χ1n) is 4.62. The fraction of sp³-hybridized carbons (Fsp3) is 0.667. The van der Waals surface area contributed by atoms with Crippen LogP contribution >= 0.6 is 22.9 Å². The number of nitrogens with one attached hydrogen (secondary N) is 1. The van der Waals surface area contributed by atoms with E-state index in [2.05, 4.69) is 15.7 Å². The molecular weight excluding hydrogens is 220 g/mol. The summed E-state index contributed by atoms with van der Waals surface area (Å²) in [7, 11) is 0. The molecule has 1 aliphatic rings. The summed E-state index contributed by atoms with van der Waals surface area (Å²) in [6.45, 7) is 4.14. The Kier molecular flexibility index (Phi) is 3.38. The van der Waals surface area contributed by atoms with E-state index in [0.29, 0.717) is 13.2 Å². The Morgan fingerprint density at radius 1 is 1.71 bits per heavy atom. The van der Waals surface area contributed by atoms with Crippen molar-refractivity contribution in [2.24, 2.45) is 0 Å². The summed E-state index contributed by atoms with van der Waals surface area (Å²) in [5.41, 5.74) is 1.09. The van der Waals surface area contributed by atoms with Gasteiger partial charge in [0.25, 0.3) is 0 Å². The molecule has 0 radical (unpaired) electrons.